The summed E-state index contributed by atoms with van der Waals surface area (Å²) >= 11 is 0. The number of aromatic nitrogens is 4. The summed E-state index contributed by atoms with van der Waals surface area (Å²) in [5.41, 5.74) is 10.6. The van der Waals surface area contributed by atoms with Gasteiger partial charge >= 0.3 is 0 Å². The van der Waals surface area contributed by atoms with Crippen LogP contribution in [-0.4, -0.2) is 19.5 Å². The molecule has 0 N–H and O–H groups in total. The smallest absolute Gasteiger partial charge is 0.164 e. The monoisotopic (exact) mass is 642 g/mol. The molecule has 1 aliphatic carbocycles. The van der Waals surface area contributed by atoms with E-state index >= 15 is 0 Å². The van der Waals surface area contributed by atoms with Gasteiger partial charge in [-0.25, -0.2) is 15.0 Å². The zero-order valence-corrected chi connectivity index (χ0v) is 27.1. The number of benzene rings is 6. The van der Waals surface area contributed by atoms with Crippen molar-refractivity contribution in [3.8, 4) is 51.0 Å². The highest BCUT2D eigenvalue weighted by atomic mass is 16.3. The minimum absolute atomic E-state index is 0.636. The van der Waals surface area contributed by atoms with E-state index in [0.29, 0.717) is 17.5 Å². The van der Waals surface area contributed by atoms with Crippen LogP contribution < -0.4 is 0 Å². The summed E-state index contributed by atoms with van der Waals surface area (Å²) in [5, 5.41) is 3.49. The quantitative estimate of drug-likeness (QED) is 0.187. The molecule has 0 aliphatic heterocycles. The highest BCUT2D eigenvalue weighted by Crippen LogP contribution is 2.42. The maximum Gasteiger partial charge on any atom is 0.164 e. The second-order valence-corrected chi connectivity index (χ2v) is 12.7. The number of rotatable bonds is 5. The Labute approximate surface area is 288 Å². The van der Waals surface area contributed by atoms with Crippen molar-refractivity contribution < 1.29 is 4.42 Å². The van der Waals surface area contributed by atoms with Crippen LogP contribution >= 0.6 is 0 Å². The third-order valence-corrected chi connectivity index (χ3v) is 9.69. The van der Waals surface area contributed by atoms with E-state index in [1.54, 1.807) is 0 Å². The summed E-state index contributed by atoms with van der Waals surface area (Å²) in [6.07, 6.45) is 6.41. The molecular weight excluding hydrogens is 613 g/mol. The molecule has 10 rings (SSSR count). The Kier molecular flexibility index (Phi) is 6.56. The predicted octanol–water partition coefficient (Wildman–Crippen LogP) is 11.3. The van der Waals surface area contributed by atoms with Crippen molar-refractivity contribution in [3.05, 3.63) is 163 Å². The number of nitrogens with zero attached hydrogens (tertiary/aromatic N) is 4. The van der Waals surface area contributed by atoms with Gasteiger partial charge in [-0.3, -0.25) is 0 Å². The van der Waals surface area contributed by atoms with Crippen LogP contribution in [-0.2, 0) is 6.42 Å². The van der Waals surface area contributed by atoms with Crippen molar-refractivity contribution in [2.75, 3.05) is 0 Å². The first-order valence-corrected chi connectivity index (χ1v) is 17.0. The van der Waals surface area contributed by atoms with E-state index in [1.807, 2.05) is 60.7 Å². The average Bonchev–Trinajstić information content (AvgIpc) is 3.74. The zero-order valence-electron chi connectivity index (χ0n) is 27.1. The Hall–Kier alpha value is -6.59. The Morgan fingerprint density at radius 2 is 1.10 bits per heavy atom. The molecule has 0 amide bonds. The van der Waals surface area contributed by atoms with Crippen LogP contribution in [0, 0.1) is 0 Å². The van der Waals surface area contributed by atoms with Crippen LogP contribution in [0.1, 0.15) is 17.7 Å². The molecular formula is C45H30N4O. The number of furan rings is 1. The summed E-state index contributed by atoms with van der Waals surface area (Å²) in [4.78, 5) is 14.8. The van der Waals surface area contributed by atoms with E-state index in [2.05, 4.69) is 102 Å². The lowest BCUT2D eigenvalue weighted by molar-refractivity contribution is 0.549. The van der Waals surface area contributed by atoms with Crippen molar-refractivity contribution in [1.82, 2.24) is 19.5 Å². The number of aryl methyl sites for hydroxylation is 1. The molecule has 0 saturated carbocycles. The first-order valence-electron chi connectivity index (χ1n) is 17.0. The largest absolute Gasteiger partial charge is 0.460 e. The SMILES string of the molecule is C1=Cc2c(oc3c2ccc2c3c3ccc(-c4cccc(-c5nc(-c6ccccc6)nc(-c6ccccc6)n5)c4)cc3n2-c2ccccc2)CC1. The molecule has 50 heavy (non-hydrogen) atoms. The molecule has 3 aromatic heterocycles. The summed E-state index contributed by atoms with van der Waals surface area (Å²) in [6.45, 7) is 0. The highest BCUT2D eigenvalue weighted by Gasteiger charge is 2.22. The zero-order chi connectivity index (χ0) is 33.0. The van der Waals surface area contributed by atoms with Crippen molar-refractivity contribution in [1.29, 1.82) is 0 Å². The van der Waals surface area contributed by atoms with Gasteiger partial charge in [-0.15, -0.1) is 0 Å². The van der Waals surface area contributed by atoms with Crippen LogP contribution in [0.3, 0.4) is 0 Å². The van der Waals surface area contributed by atoms with E-state index in [9.17, 15) is 0 Å². The summed E-state index contributed by atoms with van der Waals surface area (Å²) in [7, 11) is 0. The number of para-hydroxylation sites is 1. The fraction of sp³-hybridized carbons (Fsp3) is 0.0444. The first kappa shape index (κ1) is 28.4. The van der Waals surface area contributed by atoms with Crippen molar-refractivity contribution >= 4 is 38.9 Å². The van der Waals surface area contributed by atoms with Crippen LogP contribution in [0.25, 0.3) is 89.8 Å². The van der Waals surface area contributed by atoms with Crippen molar-refractivity contribution in [2.24, 2.45) is 0 Å². The van der Waals surface area contributed by atoms with Crippen molar-refractivity contribution in [2.45, 2.75) is 12.8 Å². The standard InChI is InChI=1S/C45H30N4O/c1-4-13-29(14-5-1)43-46-44(30-15-6-2-7-16-30)48-45(47-43)33-18-12-17-31(27-33)32-23-24-37-39(28-32)49(34-19-8-3-9-20-34)38-26-25-36-35-21-10-11-22-40(35)50-42(36)41(37)38/h1-10,12-21,23-28H,11,22H2. The van der Waals surface area contributed by atoms with E-state index in [1.165, 1.54) is 16.3 Å². The molecule has 0 spiro atoms. The molecule has 0 unspecified atom stereocenters. The van der Waals surface area contributed by atoms with E-state index in [-0.39, 0.29) is 0 Å². The summed E-state index contributed by atoms with van der Waals surface area (Å²) < 4.78 is 9.00. The highest BCUT2D eigenvalue weighted by molar-refractivity contribution is 6.21. The van der Waals surface area contributed by atoms with Crippen molar-refractivity contribution in [3.63, 3.8) is 0 Å². The Balaban J connectivity index is 1.15. The number of allylic oxidation sites excluding steroid dienone is 1. The maximum absolute atomic E-state index is 6.64. The van der Waals surface area contributed by atoms with Gasteiger partial charge in [-0.2, -0.15) is 0 Å². The topological polar surface area (TPSA) is 56.7 Å². The Morgan fingerprint density at radius 3 is 1.82 bits per heavy atom. The van der Waals surface area contributed by atoms with Gasteiger partial charge in [0.15, 0.2) is 17.5 Å². The molecule has 5 nitrogen and oxygen atoms in total. The second-order valence-electron chi connectivity index (χ2n) is 12.7. The van der Waals surface area contributed by atoms with Crippen LogP contribution in [0.15, 0.2) is 156 Å². The Morgan fingerprint density at radius 1 is 0.500 bits per heavy atom. The fourth-order valence-corrected chi connectivity index (χ4v) is 7.32. The number of hydrogen-bond donors (Lipinski definition) is 0. The lowest BCUT2D eigenvalue weighted by atomic mass is 9.99. The summed E-state index contributed by atoms with van der Waals surface area (Å²) in [5.74, 6) is 3.01. The molecule has 236 valence electrons. The number of hydrogen-bond acceptors (Lipinski definition) is 4. The molecule has 0 radical (unpaired) electrons. The van der Waals surface area contributed by atoms with Gasteiger partial charge in [0.25, 0.3) is 0 Å². The van der Waals surface area contributed by atoms with Crippen LogP contribution in [0.5, 0.6) is 0 Å². The van der Waals surface area contributed by atoms with Gasteiger partial charge in [0.05, 0.1) is 16.4 Å². The molecule has 3 heterocycles. The number of fused-ring (bicyclic) bond motifs is 7. The van der Waals surface area contributed by atoms with E-state index < -0.39 is 0 Å². The minimum Gasteiger partial charge on any atom is -0.460 e. The van der Waals surface area contributed by atoms with Gasteiger partial charge in [-0.05, 0) is 53.9 Å². The predicted molar refractivity (Wildman–Crippen MR) is 203 cm³/mol. The van der Waals surface area contributed by atoms with Gasteiger partial charge < -0.3 is 8.98 Å². The van der Waals surface area contributed by atoms with E-state index in [4.69, 9.17) is 19.4 Å². The Bertz CT molecular complexity index is 2690. The molecule has 9 aromatic rings. The molecule has 6 aromatic carbocycles. The third kappa shape index (κ3) is 4.66. The molecule has 0 saturated heterocycles. The normalized spacial score (nSPS) is 12.6. The lowest BCUT2D eigenvalue weighted by Gasteiger charge is -2.11. The van der Waals surface area contributed by atoms with Gasteiger partial charge in [0.1, 0.15) is 11.3 Å². The molecule has 0 bridgehead atoms. The summed E-state index contributed by atoms with van der Waals surface area (Å²) in [6, 6.07) is 50.5. The average molecular weight is 643 g/mol. The van der Waals surface area contributed by atoms with Gasteiger partial charge in [-0.1, -0.05) is 121 Å². The molecule has 0 fully saturated rings. The van der Waals surface area contributed by atoms with Crippen LogP contribution in [0.2, 0.25) is 0 Å². The minimum atomic E-state index is 0.636. The van der Waals surface area contributed by atoms with Gasteiger partial charge in [0.2, 0.25) is 0 Å². The maximum atomic E-state index is 6.64. The first-order chi connectivity index (χ1) is 24.8. The molecule has 5 heteroatoms. The molecule has 0 atom stereocenters. The lowest BCUT2D eigenvalue weighted by Crippen LogP contribution is -2.00. The van der Waals surface area contributed by atoms with E-state index in [0.717, 1.165) is 74.1 Å². The van der Waals surface area contributed by atoms with Crippen LogP contribution in [0.4, 0.5) is 0 Å². The molecule has 1 aliphatic rings. The second kappa shape index (κ2) is 11.5. The van der Waals surface area contributed by atoms with Gasteiger partial charge in [0, 0.05) is 45.1 Å². The fourth-order valence-electron chi connectivity index (χ4n) is 7.32. The third-order valence-electron chi connectivity index (χ3n) is 9.69.